The van der Waals surface area contributed by atoms with Crippen LogP contribution >= 0.6 is 0 Å². The van der Waals surface area contributed by atoms with Gasteiger partial charge in [0.05, 0.1) is 0 Å². The SMILES string of the molecule is CS(=S)N1CCN(C2CCC2)CC1. The Bertz CT molecular complexity index is 196. The van der Waals surface area contributed by atoms with Crippen molar-refractivity contribution in [3.63, 3.8) is 0 Å². The maximum Gasteiger partial charge on any atom is 0.0220 e. The summed E-state index contributed by atoms with van der Waals surface area (Å²) >= 11 is 5.28. The van der Waals surface area contributed by atoms with Gasteiger partial charge in [-0.3, -0.25) is 4.90 Å². The summed E-state index contributed by atoms with van der Waals surface area (Å²) in [6, 6.07) is 0.922. The molecule has 2 fully saturated rings. The van der Waals surface area contributed by atoms with E-state index in [1.54, 1.807) is 0 Å². The second-order valence-electron chi connectivity index (χ2n) is 3.97. The van der Waals surface area contributed by atoms with Crippen molar-refractivity contribution in [3.05, 3.63) is 0 Å². The molecule has 2 nitrogen and oxygen atoms in total. The average molecular weight is 218 g/mol. The van der Waals surface area contributed by atoms with Crippen molar-refractivity contribution in [1.29, 1.82) is 0 Å². The van der Waals surface area contributed by atoms with E-state index in [1.165, 1.54) is 45.4 Å². The third-order valence-electron chi connectivity index (χ3n) is 3.23. The molecule has 1 heterocycles. The van der Waals surface area contributed by atoms with Gasteiger partial charge in [0, 0.05) is 38.5 Å². The molecule has 0 bridgehead atoms. The molecule has 0 spiro atoms. The molecule has 0 N–H and O–H groups in total. The zero-order valence-corrected chi connectivity index (χ0v) is 9.87. The number of hydrogen-bond acceptors (Lipinski definition) is 2. The van der Waals surface area contributed by atoms with Gasteiger partial charge in [0.1, 0.15) is 0 Å². The van der Waals surface area contributed by atoms with Crippen molar-refractivity contribution in [2.24, 2.45) is 0 Å². The number of nitrogens with zero attached hydrogens (tertiary/aromatic N) is 2. The van der Waals surface area contributed by atoms with Crippen LogP contribution in [0.1, 0.15) is 19.3 Å². The van der Waals surface area contributed by atoms with E-state index in [0.29, 0.717) is 0 Å². The van der Waals surface area contributed by atoms with E-state index in [2.05, 4.69) is 15.5 Å². The van der Waals surface area contributed by atoms with Gasteiger partial charge in [-0.15, -0.1) is 0 Å². The Kier molecular flexibility index (Phi) is 3.35. The standard InChI is InChI=1S/C9H18N2S2/c1-13(12)11-7-5-10(6-8-11)9-3-2-4-9/h9H,2-8H2,1H3. The van der Waals surface area contributed by atoms with Crippen molar-refractivity contribution in [2.75, 3.05) is 32.4 Å². The van der Waals surface area contributed by atoms with Crippen molar-refractivity contribution in [1.82, 2.24) is 9.21 Å². The maximum absolute atomic E-state index is 5.28. The predicted molar refractivity (Wildman–Crippen MR) is 61.4 cm³/mol. The predicted octanol–water partition coefficient (Wildman–Crippen LogP) is 0.781. The monoisotopic (exact) mass is 218 g/mol. The molecule has 0 aromatic rings. The minimum Gasteiger partial charge on any atom is -0.298 e. The molecule has 13 heavy (non-hydrogen) atoms. The zero-order valence-electron chi connectivity index (χ0n) is 8.24. The molecule has 1 unspecified atom stereocenters. The van der Waals surface area contributed by atoms with Crippen LogP contribution in [0.4, 0.5) is 0 Å². The Morgan fingerprint density at radius 2 is 1.77 bits per heavy atom. The van der Waals surface area contributed by atoms with E-state index in [0.717, 1.165) is 6.04 Å². The van der Waals surface area contributed by atoms with Gasteiger partial charge in [-0.25, -0.2) is 4.31 Å². The van der Waals surface area contributed by atoms with Gasteiger partial charge in [0.15, 0.2) is 0 Å². The molecule has 4 heteroatoms. The molecule has 2 rings (SSSR count). The van der Waals surface area contributed by atoms with Crippen LogP contribution in [0, 0.1) is 0 Å². The molecule has 1 aliphatic heterocycles. The Balaban J connectivity index is 1.78. The van der Waals surface area contributed by atoms with Gasteiger partial charge < -0.3 is 0 Å². The fraction of sp³-hybridized carbons (Fsp3) is 1.00. The smallest absolute Gasteiger partial charge is 0.0220 e. The number of hydrogen-bond donors (Lipinski definition) is 0. The number of piperazine rings is 1. The Hall–Kier alpha value is 0.490. The van der Waals surface area contributed by atoms with Crippen LogP contribution in [0.25, 0.3) is 0 Å². The van der Waals surface area contributed by atoms with Gasteiger partial charge in [0.25, 0.3) is 0 Å². The van der Waals surface area contributed by atoms with Crippen molar-refractivity contribution in [2.45, 2.75) is 25.3 Å². The summed E-state index contributed by atoms with van der Waals surface area (Å²) in [5.41, 5.74) is 0. The fourth-order valence-corrected chi connectivity index (χ4v) is 3.20. The third-order valence-corrected chi connectivity index (χ3v) is 4.95. The average Bonchev–Trinajstić information content (AvgIpc) is 2.02. The summed E-state index contributed by atoms with van der Waals surface area (Å²) in [4.78, 5) is 2.65. The zero-order chi connectivity index (χ0) is 9.26. The molecular weight excluding hydrogens is 200 g/mol. The largest absolute Gasteiger partial charge is 0.298 e. The second-order valence-corrected chi connectivity index (χ2v) is 6.78. The van der Waals surface area contributed by atoms with Crippen LogP contribution < -0.4 is 0 Å². The lowest BCUT2D eigenvalue weighted by molar-refractivity contribution is 0.0917. The minimum absolute atomic E-state index is 0.0759. The van der Waals surface area contributed by atoms with Gasteiger partial charge in [-0.2, -0.15) is 0 Å². The van der Waals surface area contributed by atoms with E-state index in [9.17, 15) is 0 Å². The summed E-state index contributed by atoms with van der Waals surface area (Å²) in [6.07, 6.45) is 6.47. The van der Waals surface area contributed by atoms with E-state index >= 15 is 0 Å². The summed E-state index contributed by atoms with van der Waals surface area (Å²) < 4.78 is 2.44. The molecule has 0 radical (unpaired) electrons. The van der Waals surface area contributed by atoms with Crippen LogP contribution in [0.5, 0.6) is 0 Å². The minimum atomic E-state index is 0.0759. The first-order valence-electron chi connectivity index (χ1n) is 5.10. The van der Waals surface area contributed by atoms with Crippen LogP contribution in [-0.2, 0) is 20.8 Å². The first kappa shape index (κ1) is 10.0. The highest BCUT2D eigenvalue weighted by molar-refractivity contribution is 8.27. The molecule has 1 aliphatic carbocycles. The first-order chi connectivity index (χ1) is 6.27. The Morgan fingerprint density at radius 3 is 2.15 bits per heavy atom. The summed E-state index contributed by atoms with van der Waals surface area (Å²) in [5.74, 6) is 0. The maximum atomic E-state index is 5.28. The highest BCUT2D eigenvalue weighted by Gasteiger charge is 2.27. The summed E-state index contributed by atoms with van der Waals surface area (Å²) in [7, 11) is 0.0759. The van der Waals surface area contributed by atoms with E-state index in [1.807, 2.05) is 0 Å². The highest BCUT2D eigenvalue weighted by Crippen LogP contribution is 2.25. The fourth-order valence-electron chi connectivity index (χ4n) is 2.08. The topological polar surface area (TPSA) is 6.48 Å². The van der Waals surface area contributed by atoms with Gasteiger partial charge in [0.2, 0.25) is 0 Å². The van der Waals surface area contributed by atoms with Gasteiger partial charge in [-0.1, -0.05) is 16.1 Å². The quantitative estimate of drug-likeness (QED) is 0.676. The summed E-state index contributed by atoms with van der Waals surface area (Å²) in [5, 5.41) is 0. The van der Waals surface area contributed by atoms with Crippen LogP contribution in [0.15, 0.2) is 0 Å². The molecular formula is C9H18N2S2. The van der Waals surface area contributed by atoms with E-state index < -0.39 is 0 Å². The second kappa shape index (κ2) is 4.34. The van der Waals surface area contributed by atoms with Crippen LogP contribution in [-0.4, -0.2) is 47.7 Å². The molecule has 1 atom stereocenters. The molecule has 2 aliphatic rings. The Morgan fingerprint density at radius 1 is 1.15 bits per heavy atom. The van der Waals surface area contributed by atoms with E-state index in [4.69, 9.17) is 11.2 Å². The highest BCUT2D eigenvalue weighted by atomic mass is 32.8. The van der Waals surface area contributed by atoms with Gasteiger partial charge in [-0.05, 0) is 24.0 Å². The van der Waals surface area contributed by atoms with Crippen molar-refractivity contribution in [3.8, 4) is 0 Å². The first-order valence-corrected chi connectivity index (χ1v) is 7.61. The van der Waals surface area contributed by atoms with Crippen LogP contribution in [0.3, 0.4) is 0 Å². The van der Waals surface area contributed by atoms with E-state index in [-0.39, 0.29) is 9.64 Å². The van der Waals surface area contributed by atoms with Crippen molar-refractivity contribution >= 4 is 20.8 Å². The summed E-state index contributed by atoms with van der Waals surface area (Å²) in [6.45, 7) is 4.89. The molecule has 1 saturated carbocycles. The molecule has 1 saturated heterocycles. The molecule has 0 amide bonds. The lowest BCUT2D eigenvalue weighted by Crippen LogP contribution is -2.52. The lowest BCUT2D eigenvalue weighted by atomic mass is 9.91. The normalized spacial score (nSPS) is 29.9. The molecule has 76 valence electrons. The van der Waals surface area contributed by atoms with Crippen molar-refractivity contribution < 1.29 is 0 Å². The third kappa shape index (κ3) is 2.29. The molecule has 0 aromatic carbocycles. The Labute approximate surface area is 88.0 Å². The van der Waals surface area contributed by atoms with Gasteiger partial charge >= 0.3 is 0 Å². The molecule has 0 aromatic heterocycles. The lowest BCUT2D eigenvalue weighted by Gasteiger charge is -2.42. The van der Waals surface area contributed by atoms with Crippen LogP contribution in [0.2, 0.25) is 0 Å². The number of rotatable bonds is 2.